The Bertz CT molecular complexity index is 694. The Morgan fingerprint density at radius 1 is 1.12 bits per heavy atom. The molecule has 2 aromatic carbocycles. The maximum atomic E-state index is 12.9. The fraction of sp³-hybridized carbons (Fsp3) is 0.409. The van der Waals surface area contributed by atoms with Gasteiger partial charge in [-0.25, -0.2) is 0 Å². The fourth-order valence-electron chi connectivity index (χ4n) is 3.39. The number of hydrogen-bond donors (Lipinski definition) is 1. The van der Waals surface area contributed by atoms with Crippen LogP contribution in [0.15, 0.2) is 54.6 Å². The molecule has 1 amide bonds. The normalized spacial score (nSPS) is 19.0. The van der Waals surface area contributed by atoms with Crippen LogP contribution in [0.1, 0.15) is 48.8 Å². The maximum absolute atomic E-state index is 12.9. The summed E-state index contributed by atoms with van der Waals surface area (Å²) in [5, 5.41) is 9.34. The first-order valence-electron chi connectivity index (χ1n) is 9.13. The van der Waals surface area contributed by atoms with Gasteiger partial charge in [-0.3, -0.25) is 4.79 Å². The van der Waals surface area contributed by atoms with E-state index in [0.29, 0.717) is 24.9 Å². The third-order valence-corrected chi connectivity index (χ3v) is 5.04. The minimum Gasteiger partial charge on any atom is -0.395 e. The number of benzene rings is 2. The van der Waals surface area contributed by atoms with Crippen LogP contribution in [-0.4, -0.2) is 29.1 Å². The van der Waals surface area contributed by atoms with Crippen molar-refractivity contribution in [3.63, 3.8) is 0 Å². The van der Waals surface area contributed by atoms with Crippen molar-refractivity contribution in [3.8, 4) is 0 Å². The molecule has 3 nitrogen and oxygen atoms in total. The molecule has 1 saturated carbocycles. The summed E-state index contributed by atoms with van der Waals surface area (Å²) < 4.78 is 0. The quantitative estimate of drug-likeness (QED) is 0.831. The highest BCUT2D eigenvalue weighted by Gasteiger charge is 2.45. The van der Waals surface area contributed by atoms with Crippen LogP contribution in [0.3, 0.4) is 0 Å². The number of aliphatic hydroxyl groups is 1. The summed E-state index contributed by atoms with van der Waals surface area (Å²) in [6.07, 6.45) is 0.913. The summed E-state index contributed by atoms with van der Waals surface area (Å²) in [5.74, 6) is 1.07. The van der Waals surface area contributed by atoms with E-state index >= 15 is 0 Å². The lowest BCUT2D eigenvalue weighted by molar-refractivity contribution is -0.133. The average molecular weight is 337 g/mol. The molecule has 0 aromatic heterocycles. The number of aliphatic hydroxyl groups excluding tert-OH is 1. The zero-order valence-corrected chi connectivity index (χ0v) is 15.1. The molecule has 1 aliphatic carbocycles. The molecule has 0 spiro atoms. The Kier molecular flexibility index (Phi) is 5.54. The van der Waals surface area contributed by atoms with Gasteiger partial charge in [0, 0.05) is 19.0 Å². The van der Waals surface area contributed by atoms with E-state index in [0.717, 1.165) is 12.0 Å². The van der Waals surface area contributed by atoms with E-state index < -0.39 is 0 Å². The van der Waals surface area contributed by atoms with Crippen LogP contribution in [0.5, 0.6) is 0 Å². The molecule has 2 atom stereocenters. The highest BCUT2D eigenvalue weighted by molar-refractivity contribution is 5.83. The van der Waals surface area contributed by atoms with Crippen molar-refractivity contribution in [2.45, 2.75) is 38.6 Å². The van der Waals surface area contributed by atoms with Crippen LogP contribution >= 0.6 is 0 Å². The molecular weight excluding hydrogens is 310 g/mol. The number of amides is 1. The number of carbonyl (C=O) groups excluding carboxylic acids is 1. The van der Waals surface area contributed by atoms with Gasteiger partial charge >= 0.3 is 0 Å². The number of hydrogen-bond acceptors (Lipinski definition) is 2. The van der Waals surface area contributed by atoms with Crippen molar-refractivity contribution in [1.82, 2.24) is 4.90 Å². The highest BCUT2D eigenvalue weighted by atomic mass is 16.3. The molecule has 0 unspecified atom stereocenters. The Morgan fingerprint density at radius 3 is 2.40 bits per heavy atom. The minimum atomic E-state index is -0.000947. The molecule has 1 aliphatic rings. The van der Waals surface area contributed by atoms with Crippen molar-refractivity contribution in [1.29, 1.82) is 0 Å². The zero-order valence-electron chi connectivity index (χ0n) is 15.1. The van der Waals surface area contributed by atoms with Gasteiger partial charge in [0.25, 0.3) is 0 Å². The van der Waals surface area contributed by atoms with Crippen molar-refractivity contribution < 1.29 is 9.90 Å². The number of carbonyl (C=O) groups is 1. The van der Waals surface area contributed by atoms with Crippen molar-refractivity contribution in [2.24, 2.45) is 5.92 Å². The fourth-order valence-corrected chi connectivity index (χ4v) is 3.39. The highest BCUT2D eigenvalue weighted by Crippen LogP contribution is 2.48. The van der Waals surface area contributed by atoms with Gasteiger partial charge < -0.3 is 10.0 Å². The lowest BCUT2D eigenvalue weighted by Gasteiger charge is -2.22. The Hall–Kier alpha value is -2.13. The third-order valence-electron chi connectivity index (χ3n) is 5.04. The Balaban J connectivity index is 1.65. The van der Waals surface area contributed by atoms with E-state index in [4.69, 9.17) is 0 Å². The van der Waals surface area contributed by atoms with Crippen molar-refractivity contribution in [3.05, 3.63) is 71.3 Å². The third kappa shape index (κ3) is 4.29. The Labute approximate surface area is 150 Å². The van der Waals surface area contributed by atoms with Crippen LogP contribution < -0.4 is 0 Å². The first-order chi connectivity index (χ1) is 12.1. The second-order valence-electron chi connectivity index (χ2n) is 7.24. The lowest BCUT2D eigenvalue weighted by atomic mass is 10.00. The van der Waals surface area contributed by atoms with Gasteiger partial charge in [-0.1, -0.05) is 68.4 Å². The monoisotopic (exact) mass is 337 g/mol. The van der Waals surface area contributed by atoms with Crippen molar-refractivity contribution in [2.75, 3.05) is 13.2 Å². The number of nitrogens with zero attached hydrogens (tertiary/aromatic N) is 1. The molecule has 0 bridgehead atoms. The summed E-state index contributed by atoms with van der Waals surface area (Å²) in [7, 11) is 0. The van der Waals surface area contributed by atoms with E-state index in [-0.39, 0.29) is 18.4 Å². The lowest BCUT2D eigenvalue weighted by Crippen LogP contribution is -2.34. The predicted molar refractivity (Wildman–Crippen MR) is 100 cm³/mol. The van der Waals surface area contributed by atoms with Crippen LogP contribution in [-0.2, 0) is 11.3 Å². The van der Waals surface area contributed by atoms with E-state index in [1.54, 1.807) is 4.90 Å². The molecule has 0 aliphatic heterocycles. The summed E-state index contributed by atoms with van der Waals surface area (Å²) in [6.45, 7) is 5.33. The Morgan fingerprint density at radius 2 is 1.80 bits per heavy atom. The van der Waals surface area contributed by atoms with E-state index in [1.165, 1.54) is 11.1 Å². The van der Waals surface area contributed by atoms with Crippen LogP contribution in [0.4, 0.5) is 0 Å². The van der Waals surface area contributed by atoms with Crippen LogP contribution in [0.25, 0.3) is 0 Å². The molecule has 0 radical (unpaired) electrons. The molecule has 1 N–H and O–H groups in total. The summed E-state index contributed by atoms with van der Waals surface area (Å²) in [5.41, 5.74) is 3.69. The first kappa shape index (κ1) is 17.7. The van der Waals surface area contributed by atoms with Gasteiger partial charge in [0.2, 0.25) is 5.91 Å². The summed E-state index contributed by atoms with van der Waals surface area (Å²) in [6, 6.07) is 18.7. The van der Waals surface area contributed by atoms with Gasteiger partial charge in [-0.05, 0) is 34.9 Å². The molecule has 132 valence electrons. The van der Waals surface area contributed by atoms with Crippen molar-refractivity contribution >= 4 is 5.91 Å². The van der Waals surface area contributed by atoms with Gasteiger partial charge in [-0.15, -0.1) is 0 Å². The topological polar surface area (TPSA) is 40.5 Å². The minimum absolute atomic E-state index is 0.000947. The standard InChI is InChI=1S/C22H27NO2/c1-16(2)18-8-10-19(11-9-18)20-14-21(20)22(25)23(12-13-24)15-17-6-4-3-5-7-17/h3-11,16,20-21,24H,12-15H2,1-2H3/t20-,21+/m1/s1. The largest absolute Gasteiger partial charge is 0.395 e. The molecule has 3 rings (SSSR count). The van der Waals surface area contributed by atoms with E-state index in [2.05, 4.69) is 38.1 Å². The van der Waals surface area contributed by atoms with Gasteiger partial charge in [0.05, 0.1) is 6.61 Å². The van der Waals surface area contributed by atoms with E-state index in [1.807, 2.05) is 30.3 Å². The van der Waals surface area contributed by atoms with E-state index in [9.17, 15) is 9.90 Å². The van der Waals surface area contributed by atoms with Crippen LogP contribution in [0, 0.1) is 5.92 Å². The predicted octanol–water partition coefficient (Wildman–Crippen LogP) is 3.93. The smallest absolute Gasteiger partial charge is 0.226 e. The second kappa shape index (κ2) is 7.83. The van der Waals surface area contributed by atoms with Gasteiger partial charge in [0.1, 0.15) is 0 Å². The van der Waals surface area contributed by atoms with Gasteiger partial charge in [-0.2, -0.15) is 0 Å². The van der Waals surface area contributed by atoms with Gasteiger partial charge in [0.15, 0.2) is 0 Å². The summed E-state index contributed by atoms with van der Waals surface area (Å²) >= 11 is 0. The number of rotatable bonds is 7. The summed E-state index contributed by atoms with van der Waals surface area (Å²) in [4.78, 5) is 14.7. The molecule has 25 heavy (non-hydrogen) atoms. The van der Waals surface area contributed by atoms with Crippen LogP contribution in [0.2, 0.25) is 0 Å². The average Bonchev–Trinajstić information content (AvgIpc) is 3.42. The molecule has 0 heterocycles. The molecule has 1 fully saturated rings. The molecular formula is C22H27NO2. The molecule has 0 saturated heterocycles. The second-order valence-corrected chi connectivity index (χ2v) is 7.24. The molecule has 3 heteroatoms. The SMILES string of the molecule is CC(C)c1ccc([C@H]2C[C@@H]2C(=O)N(CCO)Cc2ccccc2)cc1. The maximum Gasteiger partial charge on any atom is 0.226 e. The zero-order chi connectivity index (χ0) is 17.8. The molecule has 2 aromatic rings. The first-order valence-corrected chi connectivity index (χ1v) is 9.13.